The van der Waals surface area contributed by atoms with Gasteiger partial charge in [0.15, 0.2) is 0 Å². The fourth-order valence-corrected chi connectivity index (χ4v) is 5.81. The number of nitrogens with one attached hydrogen (secondary N) is 1. The van der Waals surface area contributed by atoms with Gasteiger partial charge in [-0.25, -0.2) is 4.79 Å². The summed E-state index contributed by atoms with van der Waals surface area (Å²) < 4.78 is 0. The molecule has 2 N–H and O–H groups in total. The van der Waals surface area contributed by atoms with Crippen molar-refractivity contribution in [3.05, 3.63) is 64.7 Å². The van der Waals surface area contributed by atoms with Gasteiger partial charge in [0.25, 0.3) is 0 Å². The molecule has 2 fully saturated rings. The Bertz CT molecular complexity index is 859. The van der Waals surface area contributed by atoms with Crippen LogP contribution in [0.5, 0.6) is 0 Å². The maximum absolute atomic E-state index is 11.4. The molecule has 128 valence electrons. The highest BCUT2D eigenvalue weighted by Gasteiger charge is 2.53. The number of hydrogen-bond donors (Lipinski definition) is 2. The van der Waals surface area contributed by atoms with Crippen LogP contribution in [0.2, 0.25) is 0 Å². The minimum Gasteiger partial charge on any atom is -0.478 e. The summed E-state index contributed by atoms with van der Waals surface area (Å²) >= 11 is 0. The molecule has 25 heavy (non-hydrogen) atoms. The molecule has 0 aromatic heterocycles. The van der Waals surface area contributed by atoms with Gasteiger partial charge in [0.05, 0.1) is 11.6 Å². The van der Waals surface area contributed by atoms with E-state index >= 15 is 0 Å². The summed E-state index contributed by atoms with van der Waals surface area (Å²) in [6.45, 7) is 2.15. The summed E-state index contributed by atoms with van der Waals surface area (Å²) in [4.78, 5) is 11.4. The van der Waals surface area contributed by atoms with Crippen molar-refractivity contribution in [2.75, 3.05) is 5.32 Å². The second-order valence-electron chi connectivity index (χ2n) is 8.08. The van der Waals surface area contributed by atoms with Gasteiger partial charge in [-0.1, -0.05) is 29.8 Å². The fourth-order valence-electron chi connectivity index (χ4n) is 5.81. The molecule has 3 aliphatic rings. The molecule has 2 aromatic rings. The SMILES string of the molecule is Cc1cccc([C@@H]2Nc3ccc(C(=O)O)cc3[C@@H]3[C@H]4CC[C@@H](C4)[C@@H]32)c1. The van der Waals surface area contributed by atoms with Crippen molar-refractivity contribution in [1.82, 2.24) is 0 Å². The van der Waals surface area contributed by atoms with E-state index in [4.69, 9.17) is 0 Å². The van der Waals surface area contributed by atoms with Crippen LogP contribution in [-0.2, 0) is 0 Å². The number of carbonyl (C=O) groups is 1. The van der Waals surface area contributed by atoms with Gasteiger partial charge in [0.2, 0.25) is 0 Å². The van der Waals surface area contributed by atoms with Crippen molar-refractivity contribution < 1.29 is 9.90 Å². The lowest BCUT2D eigenvalue weighted by atomic mass is 9.68. The Hall–Kier alpha value is -2.29. The Labute approximate surface area is 148 Å². The second kappa shape index (κ2) is 5.35. The van der Waals surface area contributed by atoms with E-state index in [9.17, 15) is 9.90 Å². The highest BCUT2D eigenvalue weighted by molar-refractivity contribution is 5.88. The normalized spacial score (nSPS) is 32.0. The summed E-state index contributed by atoms with van der Waals surface area (Å²) in [5.74, 6) is 1.72. The molecule has 2 aromatic carbocycles. The number of fused-ring (bicyclic) bond motifs is 7. The van der Waals surface area contributed by atoms with Crippen LogP contribution in [0.1, 0.15) is 58.3 Å². The van der Waals surface area contributed by atoms with E-state index in [0.29, 0.717) is 29.4 Å². The van der Waals surface area contributed by atoms with Gasteiger partial charge >= 0.3 is 5.97 Å². The standard InChI is InChI=1S/C22H23NO2/c1-12-3-2-4-15(9-12)21-20-14-6-5-13(10-14)19(20)17-11-16(22(24)25)7-8-18(17)23-21/h2-4,7-9,11,13-14,19-21,23H,5-6,10H2,1H3,(H,24,25)/t13-,14-,19-,20-,21-/m0/s1. The monoisotopic (exact) mass is 333 g/mol. The molecule has 2 aliphatic carbocycles. The second-order valence-corrected chi connectivity index (χ2v) is 8.08. The first-order valence-corrected chi connectivity index (χ1v) is 9.32. The van der Waals surface area contributed by atoms with E-state index in [1.807, 2.05) is 12.1 Å². The number of hydrogen-bond acceptors (Lipinski definition) is 2. The largest absolute Gasteiger partial charge is 0.478 e. The number of rotatable bonds is 2. The molecule has 3 heteroatoms. The first-order valence-electron chi connectivity index (χ1n) is 9.32. The third kappa shape index (κ3) is 2.21. The number of anilines is 1. The predicted octanol–water partition coefficient (Wildman–Crippen LogP) is 4.99. The number of aryl methyl sites for hydroxylation is 1. The lowest BCUT2D eigenvalue weighted by Gasteiger charge is -2.43. The summed E-state index contributed by atoms with van der Waals surface area (Å²) in [5, 5.41) is 13.2. The van der Waals surface area contributed by atoms with Crippen molar-refractivity contribution in [3.8, 4) is 0 Å². The van der Waals surface area contributed by atoms with Crippen molar-refractivity contribution in [2.24, 2.45) is 17.8 Å². The molecule has 0 unspecified atom stereocenters. The maximum Gasteiger partial charge on any atom is 0.335 e. The average Bonchev–Trinajstić information content (AvgIpc) is 3.22. The number of benzene rings is 2. The molecule has 2 saturated carbocycles. The predicted molar refractivity (Wildman–Crippen MR) is 98.0 cm³/mol. The fraction of sp³-hybridized carbons (Fsp3) is 0.409. The van der Waals surface area contributed by atoms with Crippen LogP contribution in [0.25, 0.3) is 0 Å². The molecule has 1 aliphatic heterocycles. The Kier molecular flexibility index (Phi) is 3.21. The van der Waals surface area contributed by atoms with Crippen LogP contribution in [0, 0.1) is 24.7 Å². The summed E-state index contributed by atoms with van der Waals surface area (Å²) in [6, 6.07) is 14.8. The van der Waals surface area contributed by atoms with Crippen LogP contribution in [0.15, 0.2) is 42.5 Å². The number of carboxylic acids is 1. The van der Waals surface area contributed by atoms with E-state index in [1.165, 1.54) is 36.0 Å². The van der Waals surface area contributed by atoms with Crippen LogP contribution in [0.3, 0.4) is 0 Å². The Balaban J connectivity index is 1.64. The maximum atomic E-state index is 11.4. The van der Waals surface area contributed by atoms with E-state index in [-0.39, 0.29) is 0 Å². The lowest BCUT2D eigenvalue weighted by Crippen LogP contribution is -2.35. The van der Waals surface area contributed by atoms with Gasteiger partial charge in [0, 0.05) is 5.69 Å². The van der Waals surface area contributed by atoms with E-state index < -0.39 is 5.97 Å². The van der Waals surface area contributed by atoms with Crippen LogP contribution in [-0.4, -0.2) is 11.1 Å². The van der Waals surface area contributed by atoms with Crippen molar-refractivity contribution in [1.29, 1.82) is 0 Å². The molecule has 1 heterocycles. The Morgan fingerprint density at radius 1 is 1.12 bits per heavy atom. The molecule has 2 bridgehead atoms. The summed E-state index contributed by atoms with van der Waals surface area (Å²) in [6.07, 6.45) is 3.92. The third-order valence-corrected chi connectivity index (χ3v) is 6.74. The van der Waals surface area contributed by atoms with Crippen molar-refractivity contribution in [3.63, 3.8) is 0 Å². The average molecular weight is 333 g/mol. The first kappa shape index (κ1) is 15.0. The van der Waals surface area contributed by atoms with Crippen LogP contribution in [0.4, 0.5) is 5.69 Å². The quantitative estimate of drug-likeness (QED) is 0.814. The molecule has 3 nitrogen and oxygen atoms in total. The zero-order valence-electron chi connectivity index (χ0n) is 14.4. The highest BCUT2D eigenvalue weighted by atomic mass is 16.4. The minimum absolute atomic E-state index is 0.336. The van der Waals surface area contributed by atoms with Gasteiger partial charge in [-0.15, -0.1) is 0 Å². The Morgan fingerprint density at radius 3 is 2.76 bits per heavy atom. The number of carboxylic acid groups (broad SMARTS) is 1. The molecule has 0 saturated heterocycles. The van der Waals surface area contributed by atoms with E-state index in [0.717, 1.165) is 11.6 Å². The molecule has 0 spiro atoms. The molecular formula is C22H23NO2. The molecule has 0 amide bonds. The van der Waals surface area contributed by atoms with Gasteiger partial charge in [-0.2, -0.15) is 0 Å². The molecule has 0 radical (unpaired) electrons. The topological polar surface area (TPSA) is 49.3 Å². The van der Waals surface area contributed by atoms with Gasteiger partial charge in [0.1, 0.15) is 0 Å². The van der Waals surface area contributed by atoms with E-state index in [1.54, 1.807) is 6.07 Å². The lowest BCUT2D eigenvalue weighted by molar-refractivity contribution is 0.0696. The molecular weight excluding hydrogens is 310 g/mol. The smallest absolute Gasteiger partial charge is 0.335 e. The van der Waals surface area contributed by atoms with Crippen molar-refractivity contribution >= 4 is 11.7 Å². The van der Waals surface area contributed by atoms with Crippen LogP contribution >= 0.6 is 0 Å². The Morgan fingerprint density at radius 2 is 1.96 bits per heavy atom. The highest BCUT2D eigenvalue weighted by Crippen LogP contribution is 2.63. The van der Waals surface area contributed by atoms with Gasteiger partial charge in [-0.3, -0.25) is 0 Å². The minimum atomic E-state index is -0.830. The summed E-state index contributed by atoms with van der Waals surface area (Å²) in [5.41, 5.74) is 5.45. The van der Waals surface area contributed by atoms with Crippen molar-refractivity contribution in [2.45, 2.75) is 38.1 Å². The van der Waals surface area contributed by atoms with E-state index in [2.05, 4.69) is 36.5 Å². The summed E-state index contributed by atoms with van der Waals surface area (Å²) in [7, 11) is 0. The van der Waals surface area contributed by atoms with Crippen LogP contribution < -0.4 is 5.32 Å². The zero-order chi connectivity index (χ0) is 17.1. The van der Waals surface area contributed by atoms with Gasteiger partial charge < -0.3 is 10.4 Å². The molecule has 5 rings (SSSR count). The number of aromatic carboxylic acids is 1. The van der Waals surface area contributed by atoms with Gasteiger partial charge in [-0.05, 0) is 79.2 Å². The third-order valence-electron chi connectivity index (χ3n) is 6.74. The molecule has 5 atom stereocenters. The first-order chi connectivity index (χ1) is 12.1. The zero-order valence-corrected chi connectivity index (χ0v) is 14.4.